The van der Waals surface area contributed by atoms with Crippen molar-refractivity contribution in [3.63, 3.8) is 0 Å². The molecular formula is C16H23NO4S. The first-order valence-corrected chi connectivity index (χ1v) is 8.47. The van der Waals surface area contributed by atoms with Crippen LogP contribution < -0.4 is 9.47 Å². The number of hydrogen-bond acceptors (Lipinski definition) is 5. The summed E-state index contributed by atoms with van der Waals surface area (Å²) in [6.07, 6.45) is 0. The van der Waals surface area contributed by atoms with Crippen molar-refractivity contribution in [2.45, 2.75) is 25.1 Å². The van der Waals surface area contributed by atoms with E-state index in [4.69, 9.17) is 14.6 Å². The SMILES string of the molecule is COc1ccc(C(=O)N2CCS[C@@H](C)[C@H]2C)cc1OCCO. The fraction of sp³-hybridized carbons (Fsp3) is 0.562. The number of rotatable bonds is 5. The summed E-state index contributed by atoms with van der Waals surface area (Å²) in [5.41, 5.74) is 0.583. The van der Waals surface area contributed by atoms with E-state index < -0.39 is 0 Å². The third kappa shape index (κ3) is 3.67. The molecule has 1 aliphatic rings. The lowest BCUT2D eigenvalue weighted by Gasteiger charge is -2.37. The number of benzene rings is 1. The van der Waals surface area contributed by atoms with E-state index in [1.165, 1.54) is 0 Å². The summed E-state index contributed by atoms with van der Waals surface area (Å²) in [5, 5.41) is 9.33. The van der Waals surface area contributed by atoms with Crippen LogP contribution in [-0.2, 0) is 0 Å². The van der Waals surface area contributed by atoms with Crippen molar-refractivity contribution in [3.8, 4) is 11.5 Å². The smallest absolute Gasteiger partial charge is 0.254 e. The Morgan fingerprint density at radius 3 is 2.86 bits per heavy atom. The second-order valence-corrected chi connectivity index (χ2v) is 6.74. The molecular weight excluding hydrogens is 302 g/mol. The highest BCUT2D eigenvalue weighted by molar-refractivity contribution is 8.00. The third-order valence-corrected chi connectivity index (χ3v) is 5.24. The number of amides is 1. The Labute approximate surface area is 135 Å². The summed E-state index contributed by atoms with van der Waals surface area (Å²) < 4.78 is 10.7. The van der Waals surface area contributed by atoms with Gasteiger partial charge in [-0.25, -0.2) is 0 Å². The number of aliphatic hydroxyl groups excluding tert-OH is 1. The van der Waals surface area contributed by atoms with Gasteiger partial charge in [0.25, 0.3) is 5.91 Å². The van der Waals surface area contributed by atoms with Crippen molar-refractivity contribution >= 4 is 17.7 Å². The van der Waals surface area contributed by atoms with Gasteiger partial charge in [-0.05, 0) is 25.1 Å². The van der Waals surface area contributed by atoms with Crippen molar-refractivity contribution < 1.29 is 19.4 Å². The summed E-state index contributed by atoms with van der Waals surface area (Å²) in [4.78, 5) is 14.7. The number of nitrogens with zero attached hydrogens (tertiary/aromatic N) is 1. The molecule has 0 bridgehead atoms. The fourth-order valence-corrected chi connectivity index (χ4v) is 3.56. The molecule has 2 rings (SSSR count). The Bertz CT molecular complexity index is 523. The van der Waals surface area contributed by atoms with Gasteiger partial charge in [0.2, 0.25) is 0 Å². The number of thioether (sulfide) groups is 1. The van der Waals surface area contributed by atoms with E-state index in [0.717, 1.165) is 12.3 Å². The summed E-state index contributed by atoms with van der Waals surface area (Å²) in [6, 6.07) is 5.38. The lowest BCUT2D eigenvalue weighted by atomic mass is 10.1. The molecule has 1 N–H and O–H groups in total. The minimum atomic E-state index is -0.0841. The Hall–Kier alpha value is -1.40. The zero-order chi connectivity index (χ0) is 16.1. The Morgan fingerprint density at radius 1 is 1.41 bits per heavy atom. The molecule has 0 aliphatic carbocycles. The molecule has 2 atom stereocenters. The molecule has 1 saturated heterocycles. The number of carbonyl (C=O) groups excluding carboxylic acids is 1. The molecule has 122 valence electrons. The minimum absolute atomic E-state index is 0.0103. The van der Waals surface area contributed by atoms with Crippen molar-refractivity contribution in [3.05, 3.63) is 23.8 Å². The van der Waals surface area contributed by atoms with Crippen molar-refractivity contribution in [1.29, 1.82) is 0 Å². The number of carbonyl (C=O) groups is 1. The fourth-order valence-electron chi connectivity index (χ4n) is 2.46. The van der Waals surface area contributed by atoms with Gasteiger partial charge in [0.1, 0.15) is 6.61 Å². The summed E-state index contributed by atoms with van der Waals surface area (Å²) >= 11 is 1.90. The van der Waals surface area contributed by atoms with E-state index in [1.807, 2.05) is 16.7 Å². The minimum Gasteiger partial charge on any atom is -0.493 e. The lowest BCUT2D eigenvalue weighted by molar-refractivity contribution is 0.0697. The van der Waals surface area contributed by atoms with Gasteiger partial charge in [0, 0.05) is 29.2 Å². The largest absolute Gasteiger partial charge is 0.493 e. The van der Waals surface area contributed by atoms with Crippen LogP contribution in [0.25, 0.3) is 0 Å². The van der Waals surface area contributed by atoms with Gasteiger partial charge in [-0.3, -0.25) is 4.79 Å². The maximum Gasteiger partial charge on any atom is 0.254 e. The van der Waals surface area contributed by atoms with Gasteiger partial charge in [0.15, 0.2) is 11.5 Å². The first-order valence-electron chi connectivity index (χ1n) is 7.42. The number of hydrogen-bond donors (Lipinski definition) is 1. The molecule has 6 heteroatoms. The predicted molar refractivity (Wildman–Crippen MR) is 88.0 cm³/mol. The van der Waals surface area contributed by atoms with Gasteiger partial charge in [0.05, 0.1) is 13.7 Å². The highest BCUT2D eigenvalue weighted by atomic mass is 32.2. The lowest BCUT2D eigenvalue weighted by Crippen LogP contribution is -2.47. The Kier molecular flexibility index (Phi) is 5.97. The summed E-state index contributed by atoms with van der Waals surface area (Å²) in [5.74, 6) is 2.01. The maximum atomic E-state index is 12.8. The van der Waals surface area contributed by atoms with Crippen LogP contribution in [0.5, 0.6) is 11.5 Å². The third-order valence-electron chi connectivity index (χ3n) is 3.90. The van der Waals surface area contributed by atoms with Gasteiger partial charge in [-0.15, -0.1) is 0 Å². The van der Waals surface area contributed by atoms with E-state index in [0.29, 0.717) is 22.3 Å². The number of aliphatic hydroxyl groups is 1. The molecule has 0 radical (unpaired) electrons. The molecule has 0 aromatic heterocycles. The van der Waals surface area contributed by atoms with Crippen LogP contribution in [0.4, 0.5) is 0 Å². The molecule has 1 fully saturated rings. The van der Waals surface area contributed by atoms with Crippen LogP contribution in [-0.4, -0.2) is 59.8 Å². The first-order chi connectivity index (χ1) is 10.6. The molecule has 0 unspecified atom stereocenters. The molecule has 1 heterocycles. The summed E-state index contributed by atoms with van der Waals surface area (Å²) in [6.45, 7) is 5.08. The first kappa shape index (κ1) is 17.0. The molecule has 5 nitrogen and oxygen atoms in total. The normalized spacial score (nSPS) is 21.5. The van der Waals surface area contributed by atoms with E-state index in [-0.39, 0.29) is 25.2 Å². The molecule has 22 heavy (non-hydrogen) atoms. The quantitative estimate of drug-likeness (QED) is 0.898. The van der Waals surface area contributed by atoms with Crippen molar-refractivity contribution in [2.24, 2.45) is 0 Å². The molecule has 1 aromatic carbocycles. The highest BCUT2D eigenvalue weighted by Gasteiger charge is 2.29. The van der Waals surface area contributed by atoms with E-state index in [1.54, 1.807) is 25.3 Å². The molecule has 1 aliphatic heterocycles. The predicted octanol–water partition coefficient (Wildman–Crippen LogP) is 2.03. The topological polar surface area (TPSA) is 59.0 Å². The number of methoxy groups -OCH3 is 1. The van der Waals surface area contributed by atoms with Gasteiger partial charge in [-0.2, -0.15) is 11.8 Å². The zero-order valence-electron chi connectivity index (χ0n) is 13.2. The average Bonchev–Trinajstić information content (AvgIpc) is 2.54. The van der Waals surface area contributed by atoms with Gasteiger partial charge < -0.3 is 19.5 Å². The van der Waals surface area contributed by atoms with E-state index in [2.05, 4.69) is 13.8 Å². The monoisotopic (exact) mass is 325 g/mol. The number of ether oxygens (including phenoxy) is 2. The highest BCUT2D eigenvalue weighted by Crippen LogP contribution is 2.30. The zero-order valence-corrected chi connectivity index (χ0v) is 14.1. The van der Waals surface area contributed by atoms with E-state index in [9.17, 15) is 4.79 Å². The van der Waals surface area contributed by atoms with Gasteiger partial charge in [-0.1, -0.05) is 6.92 Å². The van der Waals surface area contributed by atoms with Crippen molar-refractivity contribution in [1.82, 2.24) is 4.90 Å². The van der Waals surface area contributed by atoms with Crippen LogP contribution >= 0.6 is 11.8 Å². The molecule has 1 amide bonds. The van der Waals surface area contributed by atoms with Crippen LogP contribution in [0.2, 0.25) is 0 Å². The second kappa shape index (κ2) is 7.74. The standard InChI is InChI=1S/C16H23NO4S/c1-11-12(2)22-9-6-17(11)16(19)13-4-5-14(20-3)15(10-13)21-8-7-18/h4-5,10-12,18H,6-9H2,1-3H3/t11-,12+/m1/s1. The Morgan fingerprint density at radius 2 is 2.18 bits per heavy atom. The van der Waals surface area contributed by atoms with Crippen LogP contribution in [0, 0.1) is 0 Å². The second-order valence-electron chi connectivity index (χ2n) is 5.25. The Balaban J connectivity index is 2.21. The van der Waals surface area contributed by atoms with Gasteiger partial charge >= 0.3 is 0 Å². The maximum absolute atomic E-state index is 12.8. The molecule has 1 aromatic rings. The van der Waals surface area contributed by atoms with Crippen molar-refractivity contribution in [2.75, 3.05) is 32.6 Å². The van der Waals surface area contributed by atoms with Crippen LogP contribution in [0.3, 0.4) is 0 Å². The van der Waals surface area contributed by atoms with Crippen LogP contribution in [0.1, 0.15) is 24.2 Å². The van der Waals surface area contributed by atoms with E-state index >= 15 is 0 Å². The molecule has 0 saturated carbocycles. The average molecular weight is 325 g/mol. The van der Waals surface area contributed by atoms with Crippen LogP contribution in [0.15, 0.2) is 18.2 Å². The molecule has 0 spiro atoms. The summed E-state index contributed by atoms with van der Waals surface area (Å²) in [7, 11) is 1.55.